The molecule has 3 aromatic heterocycles. The van der Waals surface area contributed by atoms with Gasteiger partial charge in [0, 0.05) is 43.0 Å². The molecule has 6 rings (SSSR count). The maximum absolute atomic E-state index is 15.0. The zero-order valence-corrected chi connectivity index (χ0v) is 19.8. The molecule has 1 aliphatic heterocycles. The topological polar surface area (TPSA) is 78.3 Å². The van der Waals surface area contributed by atoms with Gasteiger partial charge in [-0.15, -0.1) is 0 Å². The van der Waals surface area contributed by atoms with Crippen molar-refractivity contribution in [2.24, 2.45) is 0 Å². The summed E-state index contributed by atoms with van der Waals surface area (Å²) in [6.45, 7) is 3.76. The van der Waals surface area contributed by atoms with Gasteiger partial charge in [-0.2, -0.15) is 5.10 Å². The van der Waals surface area contributed by atoms with Crippen molar-refractivity contribution in [1.29, 1.82) is 0 Å². The first-order valence-corrected chi connectivity index (χ1v) is 11.9. The molecular weight excluding hydrogens is 455 g/mol. The van der Waals surface area contributed by atoms with Crippen LogP contribution in [0, 0.1) is 5.82 Å². The van der Waals surface area contributed by atoms with Crippen LogP contribution in [0.5, 0.6) is 0 Å². The van der Waals surface area contributed by atoms with Crippen LogP contribution < -0.4 is 10.9 Å². The molecule has 0 amide bonds. The van der Waals surface area contributed by atoms with Crippen LogP contribution in [0.25, 0.3) is 16.8 Å². The molecule has 4 heterocycles. The molecule has 180 valence electrons. The highest BCUT2D eigenvalue weighted by Gasteiger charge is 2.24. The Balaban J connectivity index is 1.29. The number of H-pyrrole nitrogens is 1. The number of hydrogen-bond acceptors (Lipinski definition) is 5. The third kappa shape index (κ3) is 4.05. The molecule has 0 bridgehead atoms. The Hall–Kier alpha value is -4.30. The fourth-order valence-corrected chi connectivity index (χ4v) is 4.78. The lowest BCUT2D eigenvalue weighted by atomic mass is 9.95. The Morgan fingerprint density at radius 1 is 1.08 bits per heavy atom. The van der Waals surface area contributed by atoms with Crippen molar-refractivity contribution in [3.63, 3.8) is 0 Å². The predicted octanol–water partition coefficient (Wildman–Crippen LogP) is 4.76. The number of rotatable bonds is 5. The summed E-state index contributed by atoms with van der Waals surface area (Å²) >= 11 is 0. The molecule has 1 unspecified atom stereocenters. The van der Waals surface area contributed by atoms with Crippen molar-refractivity contribution in [2.45, 2.75) is 25.9 Å². The van der Waals surface area contributed by atoms with Crippen molar-refractivity contribution >= 4 is 11.5 Å². The number of fused-ring (bicyclic) bond motifs is 3. The van der Waals surface area contributed by atoms with Gasteiger partial charge in [0.05, 0.1) is 17.9 Å². The Kier molecular flexibility index (Phi) is 5.58. The molecule has 0 radical (unpaired) electrons. The molecule has 2 N–H and O–H groups in total. The molecule has 0 saturated heterocycles. The summed E-state index contributed by atoms with van der Waals surface area (Å²) in [6, 6.07) is 20.6. The van der Waals surface area contributed by atoms with E-state index in [4.69, 9.17) is 5.10 Å². The molecular formula is C28H25FN6O. The maximum Gasteiger partial charge on any atom is 0.257 e. The highest BCUT2D eigenvalue weighted by Crippen LogP contribution is 2.30. The van der Waals surface area contributed by atoms with Crippen LogP contribution >= 0.6 is 0 Å². The smallest absolute Gasteiger partial charge is 0.257 e. The maximum atomic E-state index is 15.0. The third-order valence-corrected chi connectivity index (χ3v) is 6.74. The molecule has 1 atom stereocenters. The van der Waals surface area contributed by atoms with E-state index in [1.807, 2.05) is 73.8 Å². The van der Waals surface area contributed by atoms with Crippen molar-refractivity contribution in [3.8, 4) is 11.1 Å². The van der Waals surface area contributed by atoms with E-state index >= 15 is 0 Å². The van der Waals surface area contributed by atoms with E-state index in [0.717, 1.165) is 22.4 Å². The van der Waals surface area contributed by atoms with Gasteiger partial charge in [-0.05, 0) is 28.8 Å². The van der Waals surface area contributed by atoms with Crippen LogP contribution in [0.3, 0.4) is 0 Å². The van der Waals surface area contributed by atoms with Crippen LogP contribution in [0.15, 0.2) is 83.9 Å². The van der Waals surface area contributed by atoms with Gasteiger partial charge < -0.3 is 10.3 Å². The van der Waals surface area contributed by atoms with Crippen LogP contribution in [0.1, 0.15) is 35.2 Å². The number of pyridine rings is 1. The largest absolute Gasteiger partial charge is 0.357 e. The number of benzene rings is 2. The second-order valence-corrected chi connectivity index (χ2v) is 9.16. The van der Waals surface area contributed by atoms with Gasteiger partial charge in [0.2, 0.25) is 0 Å². The summed E-state index contributed by atoms with van der Waals surface area (Å²) in [5, 5.41) is 8.17. The van der Waals surface area contributed by atoms with E-state index < -0.39 is 0 Å². The average Bonchev–Trinajstić information content (AvgIpc) is 3.33. The van der Waals surface area contributed by atoms with E-state index in [2.05, 4.69) is 20.2 Å². The number of nitrogens with one attached hydrogen (secondary N) is 2. The van der Waals surface area contributed by atoms with E-state index in [1.165, 1.54) is 0 Å². The van der Waals surface area contributed by atoms with Crippen LogP contribution in [0.2, 0.25) is 0 Å². The average molecular weight is 481 g/mol. The molecule has 0 fully saturated rings. The Labute approximate surface area is 207 Å². The molecule has 8 heteroatoms. The van der Waals surface area contributed by atoms with Crippen molar-refractivity contribution in [1.82, 2.24) is 24.5 Å². The van der Waals surface area contributed by atoms with Gasteiger partial charge in [-0.25, -0.2) is 8.91 Å². The van der Waals surface area contributed by atoms with Gasteiger partial charge in [0.1, 0.15) is 17.3 Å². The SMILES string of the molecule is CC(c1ccc(-c2ccccc2)c(F)c1)c1cc2[nH]c(=O)c3c(n2n1)NCN(Cc1cccnc1)C3. The third-order valence-electron chi connectivity index (χ3n) is 6.74. The summed E-state index contributed by atoms with van der Waals surface area (Å²) in [6.07, 6.45) is 3.58. The summed E-state index contributed by atoms with van der Waals surface area (Å²) in [4.78, 5) is 22.2. The molecule has 7 nitrogen and oxygen atoms in total. The van der Waals surface area contributed by atoms with Crippen LogP contribution in [0.4, 0.5) is 10.2 Å². The number of aromatic amines is 1. The molecule has 2 aromatic carbocycles. The molecule has 5 aromatic rings. The number of hydrogen-bond donors (Lipinski definition) is 2. The summed E-state index contributed by atoms with van der Waals surface area (Å²) in [5.41, 5.74) is 5.18. The normalized spacial score (nSPS) is 14.4. The first kappa shape index (κ1) is 22.2. The standard InChI is InChI=1S/C28H25FN6O/c1-18(21-9-10-22(24(29)12-21)20-7-3-2-4-8-20)25-13-26-32-28(36)23-16-34(15-19-6-5-11-30-14-19)17-31-27(23)35(26)33-25/h2-14,18,31H,15-17H2,1H3,(H,32,36). The van der Waals surface area contributed by atoms with Crippen LogP contribution in [-0.2, 0) is 13.1 Å². The van der Waals surface area contributed by atoms with Gasteiger partial charge in [-0.1, -0.05) is 55.5 Å². The first-order valence-electron chi connectivity index (χ1n) is 11.9. The minimum absolute atomic E-state index is 0.141. The Morgan fingerprint density at radius 2 is 1.94 bits per heavy atom. The highest BCUT2D eigenvalue weighted by atomic mass is 19.1. The Morgan fingerprint density at radius 3 is 2.72 bits per heavy atom. The fraction of sp³-hybridized carbons (Fsp3) is 0.179. The predicted molar refractivity (Wildman–Crippen MR) is 137 cm³/mol. The van der Waals surface area contributed by atoms with Crippen molar-refractivity contribution < 1.29 is 4.39 Å². The van der Waals surface area contributed by atoms with Crippen LogP contribution in [-0.4, -0.2) is 31.2 Å². The van der Waals surface area contributed by atoms with Crippen molar-refractivity contribution in [3.05, 3.63) is 118 Å². The first-order chi connectivity index (χ1) is 17.6. The van der Waals surface area contributed by atoms with Gasteiger partial charge >= 0.3 is 0 Å². The summed E-state index contributed by atoms with van der Waals surface area (Å²) < 4.78 is 16.7. The lowest BCUT2D eigenvalue weighted by Gasteiger charge is -2.29. The van der Waals surface area contributed by atoms with Gasteiger partial charge in [0.15, 0.2) is 0 Å². The number of nitrogens with zero attached hydrogens (tertiary/aromatic N) is 4. The van der Waals surface area contributed by atoms with Crippen molar-refractivity contribution in [2.75, 3.05) is 12.0 Å². The zero-order chi connectivity index (χ0) is 24.6. The van der Waals surface area contributed by atoms with Gasteiger partial charge in [-0.3, -0.25) is 14.7 Å². The molecule has 0 spiro atoms. The molecule has 0 saturated carbocycles. The van der Waals surface area contributed by atoms with Gasteiger partial charge in [0.25, 0.3) is 5.56 Å². The monoisotopic (exact) mass is 480 g/mol. The quantitative estimate of drug-likeness (QED) is 0.379. The number of halogens is 1. The number of anilines is 1. The zero-order valence-electron chi connectivity index (χ0n) is 19.8. The second kappa shape index (κ2) is 9.05. The minimum atomic E-state index is -0.268. The molecule has 0 aliphatic carbocycles. The lowest BCUT2D eigenvalue weighted by molar-refractivity contribution is 0.264. The second-order valence-electron chi connectivity index (χ2n) is 9.16. The minimum Gasteiger partial charge on any atom is -0.357 e. The lowest BCUT2D eigenvalue weighted by Crippen LogP contribution is -2.38. The fourth-order valence-electron chi connectivity index (χ4n) is 4.78. The summed E-state index contributed by atoms with van der Waals surface area (Å²) in [5.74, 6) is 0.268. The summed E-state index contributed by atoms with van der Waals surface area (Å²) in [7, 11) is 0. The Bertz CT molecular complexity index is 1600. The van der Waals surface area contributed by atoms with E-state index in [0.29, 0.717) is 42.4 Å². The van der Waals surface area contributed by atoms with E-state index in [-0.39, 0.29) is 17.3 Å². The van der Waals surface area contributed by atoms with E-state index in [1.54, 1.807) is 16.8 Å². The molecule has 36 heavy (non-hydrogen) atoms. The number of aromatic nitrogens is 4. The molecule has 1 aliphatic rings. The highest BCUT2D eigenvalue weighted by molar-refractivity contribution is 5.64. The van der Waals surface area contributed by atoms with E-state index in [9.17, 15) is 9.18 Å².